The lowest BCUT2D eigenvalue weighted by atomic mass is 9.96. The van der Waals surface area contributed by atoms with Crippen LogP contribution in [0, 0.1) is 0 Å². The molecular formula is C20H21N3O4. The van der Waals surface area contributed by atoms with E-state index in [-0.39, 0.29) is 5.78 Å². The fourth-order valence-corrected chi connectivity index (χ4v) is 3.55. The first-order chi connectivity index (χ1) is 13.2. The molecule has 0 aliphatic heterocycles. The third-order valence-corrected chi connectivity index (χ3v) is 4.83. The predicted molar refractivity (Wildman–Crippen MR) is 99.5 cm³/mol. The zero-order chi connectivity index (χ0) is 19.0. The summed E-state index contributed by atoms with van der Waals surface area (Å²) in [5, 5.41) is 4.62. The summed E-state index contributed by atoms with van der Waals surface area (Å²) in [6.07, 6.45) is 3.99. The highest BCUT2D eigenvalue weighted by Gasteiger charge is 2.23. The van der Waals surface area contributed by atoms with Gasteiger partial charge < -0.3 is 14.2 Å². The molecule has 140 valence electrons. The molecule has 0 atom stereocenters. The molecule has 0 saturated carbocycles. The molecule has 0 saturated heterocycles. The summed E-state index contributed by atoms with van der Waals surface area (Å²) in [4.78, 5) is 17.0. The Hall–Kier alpha value is -2.93. The Kier molecular flexibility index (Phi) is 4.53. The molecular weight excluding hydrogens is 346 g/mol. The van der Waals surface area contributed by atoms with Crippen LogP contribution in [-0.4, -0.2) is 41.7 Å². The molecule has 0 unspecified atom stereocenters. The van der Waals surface area contributed by atoms with Gasteiger partial charge in [0.05, 0.1) is 43.3 Å². The number of nitrogens with zero attached hydrogens (tertiary/aromatic N) is 3. The number of carbonyl (C=O) groups excluding carboxylic acids is 1. The molecule has 4 rings (SSSR count). The minimum absolute atomic E-state index is 0.127. The Morgan fingerprint density at radius 2 is 1.93 bits per heavy atom. The first kappa shape index (κ1) is 17.5. The van der Waals surface area contributed by atoms with Crippen LogP contribution in [0.3, 0.4) is 0 Å². The van der Waals surface area contributed by atoms with Crippen LogP contribution < -0.4 is 9.47 Å². The molecule has 27 heavy (non-hydrogen) atoms. The number of fused-ring (bicyclic) bond motifs is 2. The van der Waals surface area contributed by atoms with Crippen LogP contribution in [0.1, 0.15) is 34.6 Å². The first-order valence-corrected chi connectivity index (χ1v) is 8.82. The van der Waals surface area contributed by atoms with E-state index in [0.29, 0.717) is 35.7 Å². The number of aromatic nitrogens is 3. The number of Topliss-reactive ketones (excluding diaryl/α,β-unsaturated/α-hetero) is 1. The molecule has 0 amide bonds. The summed E-state index contributed by atoms with van der Waals surface area (Å²) in [6, 6.07) is 5.71. The molecule has 7 heteroatoms. The van der Waals surface area contributed by atoms with Crippen LogP contribution in [0.15, 0.2) is 24.4 Å². The van der Waals surface area contributed by atoms with E-state index in [1.165, 1.54) is 0 Å². The lowest BCUT2D eigenvalue weighted by molar-refractivity contribution is 0.0971. The van der Waals surface area contributed by atoms with Gasteiger partial charge in [-0.2, -0.15) is 5.10 Å². The van der Waals surface area contributed by atoms with E-state index in [1.807, 2.05) is 18.2 Å². The molecule has 0 radical (unpaired) electrons. The van der Waals surface area contributed by atoms with Crippen molar-refractivity contribution >= 4 is 11.4 Å². The number of aryl methyl sites for hydroxylation is 1. The van der Waals surface area contributed by atoms with Gasteiger partial charge in [0.15, 0.2) is 22.9 Å². The second kappa shape index (κ2) is 7.00. The SMILES string of the molecule is COCc1nn2cc3c(nc2c1-c1ccc(OC)c(OC)c1)CCCC3=O. The maximum Gasteiger partial charge on any atom is 0.166 e. The van der Waals surface area contributed by atoms with Crippen LogP contribution in [0.25, 0.3) is 16.8 Å². The molecule has 3 aromatic rings. The second-order valence-corrected chi connectivity index (χ2v) is 6.47. The van der Waals surface area contributed by atoms with Crippen molar-refractivity contribution in [2.75, 3.05) is 21.3 Å². The Morgan fingerprint density at radius 3 is 2.67 bits per heavy atom. The van der Waals surface area contributed by atoms with Gasteiger partial charge in [-0.1, -0.05) is 6.07 Å². The minimum Gasteiger partial charge on any atom is -0.493 e. The molecule has 1 aliphatic carbocycles. The van der Waals surface area contributed by atoms with Gasteiger partial charge in [0.1, 0.15) is 0 Å². The van der Waals surface area contributed by atoms with Gasteiger partial charge in [0, 0.05) is 19.7 Å². The van der Waals surface area contributed by atoms with E-state index >= 15 is 0 Å². The van der Waals surface area contributed by atoms with Crippen molar-refractivity contribution in [2.24, 2.45) is 0 Å². The molecule has 0 bridgehead atoms. The Morgan fingerprint density at radius 1 is 1.11 bits per heavy atom. The highest BCUT2D eigenvalue weighted by molar-refractivity contribution is 5.98. The summed E-state index contributed by atoms with van der Waals surface area (Å²) in [6.45, 7) is 0.339. The summed E-state index contributed by atoms with van der Waals surface area (Å²) < 4.78 is 17.8. The van der Waals surface area contributed by atoms with E-state index in [4.69, 9.17) is 19.2 Å². The summed E-state index contributed by atoms with van der Waals surface area (Å²) in [5.41, 5.74) is 4.75. The number of hydrogen-bond acceptors (Lipinski definition) is 6. The molecule has 1 aliphatic rings. The van der Waals surface area contributed by atoms with E-state index in [9.17, 15) is 4.79 Å². The topological polar surface area (TPSA) is 75.0 Å². The lowest BCUT2D eigenvalue weighted by Crippen LogP contribution is -2.14. The summed E-state index contributed by atoms with van der Waals surface area (Å²) in [5.74, 6) is 1.41. The molecule has 0 N–H and O–H groups in total. The molecule has 2 aromatic heterocycles. The zero-order valence-corrected chi connectivity index (χ0v) is 15.6. The fourth-order valence-electron chi connectivity index (χ4n) is 3.55. The van der Waals surface area contributed by atoms with Crippen LogP contribution >= 0.6 is 0 Å². The summed E-state index contributed by atoms with van der Waals surface area (Å²) in [7, 11) is 4.84. The van der Waals surface area contributed by atoms with Gasteiger partial charge >= 0.3 is 0 Å². The number of ketones is 1. The van der Waals surface area contributed by atoms with Crippen LogP contribution in [0.5, 0.6) is 11.5 Å². The van der Waals surface area contributed by atoms with Gasteiger partial charge in [0.2, 0.25) is 0 Å². The van der Waals surface area contributed by atoms with Crippen LogP contribution in [0.2, 0.25) is 0 Å². The smallest absolute Gasteiger partial charge is 0.166 e. The maximum absolute atomic E-state index is 12.2. The normalized spacial score (nSPS) is 13.7. The van der Waals surface area contributed by atoms with Gasteiger partial charge in [-0.15, -0.1) is 0 Å². The standard InChI is InChI=1S/C20H21N3O4/c1-25-11-15-19(12-7-8-17(26-2)18(9-12)27-3)20-21-14-5-4-6-16(24)13(14)10-23(20)22-15/h7-10H,4-6,11H2,1-3H3. The van der Waals surface area contributed by atoms with E-state index < -0.39 is 0 Å². The third-order valence-electron chi connectivity index (χ3n) is 4.83. The van der Waals surface area contributed by atoms with Crippen molar-refractivity contribution in [1.29, 1.82) is 0 Å². The van der Waals surface area contributed by atoms with Gasteiger partial charge in [-0.25, -0.2) is 9.50 Å². The zero-order valence-electron chi connectivity index (χ0n) is 15.6. The average Bonchev–Trinajstić information content (AvgIpc) is 3.03. The minimum atomic E-state index is 0.127. The van der Waals surface area contributed by atoms with Gasteiger partial charge in [-0.3, -0.25) is 4.79 Å². The molecule has 0 fully saturated rings. The molecule has 0 spiro atoms. The Bertz CT molecular complexity index is 1030. The highest BCUT2D eigenvalue weighted by Crippen LogP contribution is 2.36. The lowest BCUT2D eigenvalue weighted by Gasteiger charge is -2.14. The number of benzene rings is 1. The average molecular weight is 367 g/mol. The largest absolute Gasteiger partial charge is 0.493 e. The quantitative estimate of drug-likeness (QED) is 0.690. The van der Waals surface area contributed by atoms with Crippen molar-refractivity contribution in [2.45, 2.75) is 25.9 Å². The van der Waals surface area contributed by atoms with E-state index in [2.05, 4.69) is 5.10 Å². The van der Waals surface area contributed by atoms with E-state index in [1.54, 1.807) is 32.0 Å². The molecule has 7 nitrogen and oxygen atoms in total. The fraction of sp³-hybridized carbons (Fsp3) is 0.350. The maximum atomic E-state index is 12.2. The van der Waals surface area contributed by atoms with Crippen molar-refractivity contribution in [1.82, 2.24) is 14.6 Å². The first-order valence-electron chi connectivity index (χ1n) is 8.82. The second-order valence-electron chi connectivity index (χ2n) is 6.47. The van der Waals surface area contributed by atoms with Crippen LogP contribution in [-0.2, 0) is 17.8 Å². The van der Waals surface area contributed by atoms with Crippen molar-refractivity contribution in [3.05, 3.63) is 41.3 Å². The van der Waals surface area contributed by atoms with Gasteiger partial charge in [-0.05, 0) is 30.5 Å². The van der Waals surface area contributed by atoms with Crippen molar-refractivity contribution < 1.29 is 19.0 Å². The molecule has 1 aromatic carbocycles. The number of methoxy groups -OCH3 is 3. The van der Waals surface area contributed by atoms with Gasteiger partial charge in [0.25, 0.3) is 0 Å². The number of ether oxygens (including phenoxy) is 3. The number of carbonyl (C=O) groups is 1. The number of rotatable bonds is 5. The monoisotopic (exact) mass is 367 g/mol. The molecule has 2 heterocycles. The Balaban J connectivity index is 1.95. The van der Waals surface area contributed by atoms with Crippen molar-refractivity contribution in [3.63, 3.8) is 0 Å². The van der Waals surface area contributed by atoms with Crippen molar-refractivity contribution in [3.8, 4) is 22.6 Å². The Labute approximate surface area is 156 Å². The van der Waals surface area contributed by atoms with Crippen LogP contribution in [0.4, 0.5) is 0 Å². The predicted octanol–water partition coefficient (Wildman–Crippen LogP) is 3.08. The summed E-state index contributed by atoms with van der Waals surface area (Å²) >= 11 is 0. The third kappa shape index (κ3) is 2.94. The number of hydrogen-bond donors (Lipinski definition) is 0. The van der Waals surface area contributed by atoms with E-state index in [0.717, 1.165) is 35.4 Å². The highest BCUT2D eigenvalue weighted by atomic mass is 16.5.